The van der Waals surface area contributed by atoms with Crippen LogP contribution in [0.4, 0.5) is 8.78 Å². The van der Waals surface area contributed by atoms with Crippen LogP contribution in [0.15, 0.2) is 16.5 Å². The molecule has 0 saturated carbocycles. The first-order valence-corrected chi connectivity index (χ1v) is 3.94. The van der Waals surface area contributed by atoms with Crippen molar-refractivity contribution in [3.8, 4) is 0 Å². The molecule has 0 unspecified atom stereocenters. The standard InChI is InChI=1S/C9H7BF2O/c1-4-2-5-6(10)3-7(11)8(12)9(5)13-4/h2-3H,10H2,1H3. The maximum absolute atomic E-state index is 13.1. The van der Waals surface area contributed by atoms with Crippen molar-refractivity contribution in [3.05, 3.63) is 29.5 Å². The molecule has 13 heavy (non-hydrogen) atoms. The highest BCUT2D eigenvalue weighted by Crippen LogP contribution is 2.21. The van der Waals surface area contributed by atoms with Crippen LogP contribution in [-0.2, 0) is 0 Å². The Hall–Kier alpha value is -1.32. The highest BCUT2D eigenvalue weighted by Gasteiger charge is 2.13. The van der Waals surface area contributed by atoms with Crippen LogP contribution in [0.1, 0.15) is 5.76 Å². The van der Waals surface area contributed by atoms with Gasteiger partial charge >= 0.3 is 0 Å². The van der Waals surface area contributed by atoms with Gasteiger partial charge < -0.3 is 4.42 Å². The number of rotatable bonds is 0. The summed E-state index contributed by atoms with van der Waals surface area (Å²) in [5, 5.41) is 0.636. The highest BCUT2D eigenvalue weighted by atomic mass is 19.2. The van der Waals surface area contributed by atoms with E-state index >= 15 is 0 Å². The van der Waals surface area contributed by atoms with Crippen LogP contribution in [-0.4, -0.2) is 7.85 Å². The third-order valence-corrected chi connectivity index (χ3v) is 2.03. The highest BCUT2D eigenvalue weighted by molar-refractivity contribution is 6.38. The number of fused-ring (bicyclic) bond motifs is 1. The Balaban J connectivity index is 2.95. The van der Waals surface area contributed by atoms with Crippen LogP contribution in [0.25, 0.3) is 11.0 Å². The fourth-order valence-electron chi connectivity index (χ4n) is 1.41. The van der Waals surface area contributed by atoms with Gasteiger partial charge in [0.2, 0.25) is 5.82 Å². The monoisotopic (exact) mass is 180 g/mol. The van der Waals surface area contributed by atoms with Crippen LogP contribution in [0.2, 0.25) is 0 Å². The summed E-state index contributed by atoms with van der Waals surface area (Å²) in [6.07, 6.45) is 0. The van der Waals surface area contributed by atoms with E-state index in [2.05, 4.69) is 0 Å². The van der Waals surface area contributed by atoms with E-state index < -0.39 is 11.6 Å². The van der Waals surface area contributed by atoms with E-state index in [1.54, 1.807) is 20.8 Å². The van der Waals surface area contributed by atoms with Crippen LogP contribution < -0.4 is 5.46 Å². The van der Waals surface area contributed by atoms with Crippen LogP contribution in [0.5, 0.6) is 0 Å². The summed E-state index contributed by atoms with van der Waals surface area (Å²) in [5.41, 5.74) is 0.695. The quantitative estimate of drug-likeness (QED) is 0.556. The van der Waals surface area contributed by atoms with Crippen molar-refractivity contribution in [2.24, 2.45) is 0 Å². The largest absolute Gasteiger partial charge is 0.458 e. The molecule has 0 spiro atoms. The van der Waals surface area contributed by atoms with Gasteiger partial charge in [0, 0.05) is 5.39 Å². The minimum Gasteiger partial charge on any atom is -0.458 e. The molecule has 0 amide bonds. The number of hydrogen-bond donors (Lipinski definition) is 0. The third-order valence-electron chi connectivity index (χ3n) is 2.03. The van der Waals surface area contributed by atoms with Crippen molar-refractivity contribution >= 4 is 24.3 Å². The molecule has 4 heteroatoms. The Labute approximate surface area is 74.8 Å². The normalized spacial score (nSPS) is 11.0. The lowest BCUT2D eigenvalue weighted by atomic mass is 9.92. The molecule has 1 nitrogen and oxygen atoms in total. The summed E-state index contributed by atoms with van der Waals surface area (Å²) < 4.78 is 31.1. The second kappa shape index (κ2) is 2.59. The fourth-order valence-corrected chi connectivity index (χ4v) is 1.41. The molecule has 0 fully saturated rings. The number of halogens is 2. The lowest BCUT2D eigenvalue weighted by molar-refractivity contribution is 0.486. The van der Waals surface area contributed by atoms with E-state index in [1.807, 2.05) is 0 Å². The molecule has 0 atom stereocenters. The van der Waals surface area contributed by atoms with Crippen molar-refractivity contribution in [3.63, 3.8) is 0 Å². The van der Waals surface area contributed by atoms with Gasteiger partial charge in [0.05, 0.1) is 0 Å². The lowest BCUT2D eigenvalue weighted by Gasteiger charge is -1.97. The van der Waals surface area contributed by atoms with Gasteiger partial charge in [0.15, 0.2) is 11.4 Å². The predicted octanol–water partition coefficient (Wildman–Crippen LogP) is 1.28. The zero-order valence-electron chi connectivity index (χ0n) is 7.32. The first-order chi connectivity index (χ1) is 6.09. The molecule has 66 valence electrons. The van der Waals surface area contributed by atoms with Gasteiger partial charge in [-0.15, -0.1) is 0 Å². The van der Waals surface area contributed by atoms with Crippen LogP contribution in [0, 0.1) is 18.6 Å². The molecule has 0 bridgehead atoms. The maximum Gasteiger partial charge on any atom is 0.201 e. The van der Waals surface area contributed by atoms with E-state index in [1.165, 1.54) is 6.07 Å². The summed E-state index contributed by atoms with van der Waals surface area (Å²) in [7, 11) is 1.72. The van der Waals surface area contributed by atoms with Crippen LogP contribution >= 0.6 is 0 Å². The SMILES string of the molecule is Bc1cc(F)c(F)c2oc(C)cc12. The average Bonchev–Trinajstić information content (AvgIpc) is 2.44. The summed E-state index contributed by atoms with van der Waals surface area (Å²) >= 11 is 0. The minimum absolute atomic E-state index is 0.00926. The molecule has 1 heterocycles. The van der Waals surface area contributed by atoms with E-state index in [0.717, 1.165) is 0 Å². The molecule has 1 aromatic heterocycles. The van der Waals surface area contributed by atoms with Crippen molar-refractivity contribution < 1.29 is 13.2 Å². The van der Waals surface area contributed by atoms with E-state index in [0.29, 0.717) is 16.6 Å². The fraction of sp³-hybridized carbons (Fsp3) is 0.111. The molecular weight excluding hydrogens is 173 g/mol. The number of hydrogen-bond acceptors (Lipinski definition) is 1. The summed E-state index contributed by atoms with van der Waals surface area (Å²) in [6, 6.07) is 2.87. The van der Waals surface area contributed by atoms with Crippen molar-refractivity contribution in [2.75, 3.05) is 0 Å². The first-order valence-electron chi connectivity index (χ1n) is 3.94. The molecule has 0 aliphatic carbocycles. The Kier molecular flexibility index (Phi) is 1.65. The lowest BCUT2D eigenvalue weighted by Crippen LogP contribution is -2.05. The van der Waals surface area contributed by atoms with Gasteiger partial charge in [-0.05, 0) is 19.1 Å². The first kappa shape index (κ1) is 8.29. The van der Waals surface area contributed by atoms with Crippen LogP contribution in [0.3, 0.4) is 0 Å². The zero-order valence-corrected chi connectivity index (χ0v) is 7.32. The van der Waals surface area contributed by atoms with Gasteiger partial charge in [-0.1, -0.05) is 5.46 Å². The second-order valence-electron chi connectivity index (χ2n) is 3.09. The van der Waals surface area contributed by atoms with Crippen molar-refractivity contribution in [1.82, 2.24) is 0 Å². The Morgan fingerprint density at radius 2 is 2.00 bits per heavy atom. The predicted molar refractivity (Wildman–Crippen MR) is 49.0 cm³/mol. The zero-order chi connectivity index (χ0) is 9.59. The summed E-state index contributed by atoms with van der Waals surface area (Å²) in [5.74, 6) is -1.18. The molecule has 2 aromatic rings. The molecule has 2 rings (SSSR count). The molecule has 0 radical (unpaired) electrons. The van der Waals surface area contributed by atoms with Gasteiger partial charge in [-0.3, -0.25) is 0 Å². The van der Waals surface area contributed by atoms with E-state index in [9.17, 15) is 8.78 Å². The molecule has 0 aliphatic rings. The molecule has 0 aliphatic heterocycles. The Bertz CT molecular complexity index is 476. The van der Waals surface area contributed by atoms with E-state index in [4.69, 9.17) is 4.42 Å². The number of furan rings is 1. The summed E-state index contributed by atoms with van der Waals surface area (Å²) in [6.45, 7) is 1.71. The van der Waals surface area contributed by atoms with Crippen molar-refractivity contribution in [1.29, 1.82) is 0 Å². The van der Waals surface area contributed by atoms with Crippen molar-refractivity contribution in [2.45, 2.75) is 6.92 Å². The average molecular weight is 180 g/mol. The maximum atomic E-state index is 13.1. The van der Waals surface area contributed by atoms with Gasteiger partial charge in [-0.2, -0.15) is 4.39 Å². The van der Waals surface area contributed by atoms with Gasteiger partial charge in [-0.25, -0.2) is 4.39 Å². The topological polar surface area (TPSA) is 13.1 Å². The number of benzene rings is 1. The minimum atomic E-state index is -0.909. The number of aryl methyl sites for hydroxylation is 1. The van der Waals surface area contributed by atoms with E-state index in [-0.39, 0.29) is 5.58 Å². The smallest absolute Gasteiger partial charge is 0.201 e. The molecule has 1 aromatic carbocycles. The second-order valence-corrected chi connectivity index (χ2v) is 3.09. The summed E-state index contributed by atoms with van der Waals surface area (Å²) in [4.78, 5) is 0. The third kappa shape index (κ3) is 1.13. The Morgan fingerprint density at radius 3 is 2.69 bits per heavy atom. The van der Waals surface area contributed by atoms with Gasteiger partial charge in [0.25, 0.3) is 0 Å². The Morgan fingerprint density at radius 1 is 1.31 bits per heavy atom. The molecular formula is C9H7BF2O. The van der Waals surface area contributed by atoms with Gasteiger partial charge in [0.1, 0.15) is 13.6 Å². The molecule has 0 saturated heterocycles. The molecule has 0 N–H and O–H groups in total.